The van der Waals surface area contributed by atoms with E-state index >= 15 is 0 Å². The van der Waals surface area contributed by atoms with Crippen molar-refractivity contribution < 1.29 is 4.74 Å². The van der Waals surface area contributed by atoms with Crippen LogP contribution in [-0.2, 0) is 0 Å². The lowest BCUT2D eigenvalue weighted by Crippen LogP contribution is -2.29. The van der Waals surface area contributed by atoms with E-state index in [1.54, 1.807) is 6.20 Å². The van der Waals surface area contributed by atoms with E-state index in [2.05, 4.69) is 29.8 Å². The van der Waals surface area contributed by atoms with E-state index in [0.29, 0.717) is 13.2 Å². The number of anilines is 1. The maximum atomic E-state index is 8.91. The van der Waals surface area contributed by atoms with E-state index in [1.165, 1.54) is 0 Å². The van der Waals surface area contributed by atoms with Crippen molar-refractivity contribution in [2.24, 2.45) is 5.92 Å². The normalized spacial score (nSPS) is 11.7. The number of ether oxygens (including phenoxy) is 1. The first kappa shape index (κ1) is 14.3. The second-order valence-corrected chi connectivity index (χ2v) is 4.24. The van der Waals surface area contributed by atoms with Gasteiger partial charge in [-0.2, -0.15) is 5.26 Å². The van der Waals surface area contributed by atoms with Crippen LogP contribution in [0, 0.1) is 17.2 Å². The van der Waals surface area contributed by atoms with Gasteiger partial charge in [0.15, 0.2) is 11.6 Å². The Hall–Kier alpha value is -1.76. The number of nitriles is 1. The highest BCUT2D eigenvalue weighted by Crippen LogP contribution is 2.25. The molecule has 0 spiro atoms. The molecule has 0 aromatic carbocycles. The quantitative estimate of drug-likeness (QED) is 0.743. The molecule has 1 aromatic heterocycles. The Morgan fingerprint density at radius 1 is 1.50 bits per heavy atom. The Kier molecular flexibility index (Phi) is 5.99. The highest BCUT2D eigenvalue weighted by Gasteiger charge is 2.14. The minimum Gasteiger partial charge on any atom is -0.490 e. The van der Waals surface area contributed by atoms with Crippen LogP contribution in [0.3, 0.4) is 0 Å². The van der Waals surface area contributed by atoms with Crippen molar-refractivity contribution in [1.82, 2.24) is 4.98 Å². The Labute approximate surface area is 109 Å². The minimum absolute atomic E-state index is 0.0222. The summed E-state index contributed by atoms with van der Waals surface area (Å²) >= 11 is 0. The largest absolute Gasteiger partial charge is 0.490 e. The molecule has 98 valence electrons. The number of hydrogen-bond acceptors (Lipinski definition) is 4. The lowest BCUT2D eigenvalue weighted by molar-refractivity contribution is 0.316. The minimum atomic E-state index is -0.0222. The Balaban J connectivity index is 2.87. The van der Waals surface area contributed by atoms with Gasteiger partial charge in [0, 0.05) is 19.3 Å². The van der Waals surface area contributed by atoms with Crippen molar-refractivity contribution in [2.45, 2.75) is 27.2 Å². The standard InChI is InChI=1S/C14H21N3O/c1-4-9-18-13-7-6-8-16-14(13)17(5-2)11-12(3)10-15/h6-8,12H,4-5,9,11H2,1-3H3. The topological polar surface area (TPSA) is 49.1 Å². The van der Waals surface area contributed by atoms with Crippen LogP contribution in [0.4, 0.5) is 5.82 Å². The van der Waals surface area contributed by atoms with E-state index in [1.807, 2.05) is 19.1 Å². The van der Waals surface area contributed by atoms with Gasteiger partial charge in [0.25, 0.3) is 0 Å². The average molecular weight is 247 g/mol. The molecule has 0 amide bonds. The van der Waals surface area contributed by atoms with Gasteiger partial charge in [0.2, 0.25) is 0 Å². The van der Waals surface area contributed by atoms with Crippen molar-refractivity contribution in [1.29, 1.82) is 5.26 Å². The molecule has 0 aliphatic heterocycles. The molecule has 0 saturated heterocycles. The van der Waals surface area contributed by atoms with Gasteiger partial charge in [0.05, 0.1) is 18.6 Å². The third kappa shape index (κ3) is 3.92. The molecule has 1 atom stereocenters. The van der Waals surface area contributed by atoms with E-state index in [9.17, 15) is 0 Å². The summed E-state index contributed by atoms with van der Waals surface area (Å²) in [5, 5.41) is 8.91. The fraction of sp³-hybridized carbons (Fsp3) is 0.571. The zero-order valence-corrected chi connectivity index (χ0v) is 11.4. The highest BCUT2D eigenvalue weighted by molar-refractivity contribution is 5.52. The van der Waals surface area contributed by atoms with Crippen LogP contribution in [0.5, 0.6) is 5.75 Å². The SMILES string of the molecule is CCCOc1cccnc1N(CC)CC(C)C#N. The third-order valence-electron chi connectivity index (χ3n) is 2.61. The molecule has 0 bridgehead atoms. The monoisotopic (exact) mass is 247 g/mol. The van der Waals surface area contributed by atoms with Crippen molar-refractivity contribution in [3.63, 3.8) is 0 Å². The van der Waals surface area contributed by atoms with Gasteiger partial charge in [0.1, 0.15) is 0 Å². The first-order valence-electron chi connectivity index (χ1n) is 6.45. The number of hydrogen-bond donors (Lipinski definition) is 0. The van der Waals surface area contributed by atoms with E-state index < -0.39 is 0 Å². The molecule has 0 N–H and O–H groups in total. The summed E-state index contributed by atoms with van der Waals surface area (Å²) < 4.78 is 5.70. The van der Waals surface area contributed by atoms with Crippen LogP contribution >= 0.6 is 0 Å². The van der Waals surface area contributed by atoms with Gasteiger partial charge in [-0.15, -0.1) is 0 Å². The van der Waals surface area contributed by atoms with Crippen LogP contribution in [0.2, 0.25) is 0 Å². The van der Waals surface area contributed by atoms with Gasteiger partial charge in [-0.3, -0.25) is 0 Å². The summed E-state index contributed by atoms with van der Waals surface area (Å²) in [7, 11) is 0. The maximum absolute atomic E-state index is 8.91. The summed E-state index contributed by atoms with van der Waals surface area (Å²) in [5.74, 6) is 1.60. The first-order valence-corrected chi connectivity index (χ1v) is 6.45. The molecule has 4 heteroatoms. The first-order chi connectivity index (χ1) is 8.72. The van der Waals surface area contributed by atoms with Gasteiger partial charge >= 0.3 is 0 Å². The molecule has 0 aliphatic rings. The molecule has 0 aliphatic carbocycles. The van der Waals surface area contributed by atoms with Gasteiger partial charge in [-0.1, -0.05) is 6.92 Å². The smallest absolute Gasteiger partial charge is 0.171 e. The molecule has 0 fully saturated rings. The molecule has 1 unspecified atom stereocenters. The molecule has 1 aromatic rings. The Morgan fingerprint density at radius 2 is 2.28 bits per heavy atom. The van der Waals surface area contributed by atoms with Gasteiger partial charge < -0.3 is 9.64 Å². The average Bonchev–Trinajstić information content (AvgIpc) is 2.42. The van der Waals surface area contributed by atoms with E-state index in [-0.39, 0.29) is 5.92 Å². The molecule has 1 rings (SSSR count). The zero-order chi connectivity index (χ0) is 13.4. The molecule has 1 heterocycles. The number of nitrogens with zero attached hydrogens (tertiary/aromatic N) is 3. The summed E-state index contributed by atoms with van der Waals surface area (Å²) in [6.45, 7) is 8.22. The predicted octanol–water partition coefficient (Wildman–Crippen LogP) is 2.86. The van der Waals surface area contributed by atoms with E-state index in [0.717, 1.165) is 24.5 Å². The van der Waals surface area contributed by atoms with E-state index in [4.69, 9.17) is 10.00 Å². The molecule has 0 saturated carbocycles. The van der Waals surface area contributed by atoms with Crippen LogP contribution < -0.4 is 9.64 Å². The number of aromatic nitrogens is 1. The zero-order valence-electron chi connectivity index (χ0n) is 11.4. The fourth-order valence-electron chi connectivity index (χ4n) is 1.68. The summed E-state index contributed by atoms with van der Waals surface area (Å²) in [4.78, 5) is 6.46. The van der Waals surface area contributed by atoms with Crippen molar-refractivity contribution >= 4 is 5.82 Å². The number of rotatable bonds is 7. The Bertz CT molecular complexity index is 400. The second-order valence-electron chi connectivity index (χ2n) is 4.24. The van der Waals surface area contributed by atoms with Crippen molar-refractivity contribution in [2.75, 3.05) is 24.6 Å². The van der Waals surface area contributed by atoms with Crippen LogP contribution in [-0.4, -0.2) is 24.7 Å². The predicted molar refractivity (Wildman–Crippen MR) is 72.7 cm³/mol. The lowest BCUT2D eigenvalue weighted by atomic mass is 10.2. The summed E-state index contributed by atoms with van der Waals surface area (Å²) in [6, 6.07) is 6.05. The lowest BCUT2D eigenvalue weighted by Gasteiger charge is -2.24. The molecular weight excluding hydrogens is 226 g/mol. The van der Waals surface area contributed by atoms with Crippen molar-refractivity contribution in [3.8, 4) is 11.8 Å². The maximum Gasteiger partial charge on any atom is 0.171 e. The van der Waals surface area contributed by atoms with Crippen molar-refractivity contribution in [3.05, 3.63) is 18.3 Å². The highest BCUT2D eigenvalue weighted by atomic mass is 16.5. The molecule has 0 radical (unpaired) electrons. The van der Waals surface area contributed by atoms with Crippen LogP contribution in [0.15, 0.2) is 18.3 Å². The Morgan fingerprint density at radius 3 is 2.89 bits per heavy atom. The molecule has 4 nitrogen and oxygen atoms in total. The van der Waals surface area contributed by atoms with Crippen LogP contribution in [0.1, 0.15) is 27.2 Å². The summed E-state index contributed by atoms with van der Waals surface area (Å²) in [5.41, 5.74) is 0. The molecular formula is C14H21N3O. The van der Waals surface area contributed by atoms with Gasteiger partial charge in [-0.25, -0.2) is 4.98 Å². The summed E-state index contributed by atoms with van der Waals surface area (Å²) in [6.07, 6.45) is 2.73. The third-order valence-corrected chi connectivity index (χ3v) is 2.61. The van der Waals surface area contributed by atoms with Gasteiger partial charge in [-0.05, 0) is 32.4 Å². The number of pyridine rings is 1. The molecule has 18 heavy (non-hydrogen) atoms. The second kappa shape index (κ2) is 7.54. The fourth-order valence-corrected chi connectivity index (χ4v) is 1.68. The van der Waals surface area contributed by atoms with Crippen LogP contribution in [0.25, 0.3) is 0 Å².